The number of nitrogens with one attached hydrogen (secondary N) is 1. The molecule has 0 aliphatic rings. The average Bonchev–Trinajstić information content (AvgIpc) is 2.68. The molecule has 0 amide bonds. The van der Waals surface area contributed by atoms with E-state index in [2.05, 4.69) is 5.43 Å². The summed E-state index contributed by atoms with van der Waals surface area (Å²) in [7, 11) is 0. The molecule has 0 radical (unpaired) electrons. The van der Waals surface area contributed by atoms with Crippen LogP contribution in [-0.4, -0.2) is 0 Å². The van der Waals surface area contributed by atoms with Crippen LogP contribution in [0.15, 0.2) is 72.8 Å². The van der Waals surface area contributed by atoms with Crippen LogP contribution in [0.25, 0.3) is 0 Å². The van der Waals surface area contributed by atoms with E-state index in [-0.39, 0.29) is 6.04 Å². The van der Waals surface area contributed by atoms with E-state index >= 15 is 0 Å². The van der Waals surface area contributed by atoms with Crippen molar-refractivity contribution in [3.63, 3.8) is 0 Å². The molecular formula is C21H20Cl2N2O. The lowest BCUT2D eigenvalue weighted by Gasteiger charge is -2.18. The number of hydrogen-bond donors (Lipinski definition) is 2. The van der Waals surface area contributed by atoms with E-state index in [1.807, 2.05) is 66.7 Å². The van der Waals surface area contributed by atoms with Crippen LogP contribution in [0.3, 0.4) is 0 Å². The molecule has 3 aromatic rings. The van der Waals surface area contributed by atoms with Gasteiger partial charge in [-0.1, -0.05) is 77.8 Å². The van der Waals surface area contributed by atoms with Gasteiger partial charge in [-0.3, -0.25) is 11.3 Å². The Bertz CT molecular complexity index is 856. The number of hydrazine groups is 1. The highest BCUT2D eigenvalue weighted by Gasteiger charge is 2.14. The Labute approximate surface area is 163 Å². The lowest BCUT2D eigenvalue weighted by Crippen LogP contribution is -2.29. The summed E-state index contributed by atoms with van der Waals surface area (Å²) in [5.74, 6) is 6.58. The summed E-state index contributed by atoms with van der Waals surface area (Å²) >= 11 is 12.4. The maximum Gasteiger partial charge on any atom is 0.120 e. The maximum atomic E-state index is 6.31. The molecule has 0 aliphatic heterocycles. The summed E-state index contributed by atoms with van der Waals surface area (Å²) in [5, 5.41) is 1.10. The lowest BCUT2D eigenvalue weighted by atomic mass is 9.99. The third-order valence-electron chi connectivity index (χ3n) is 4.17. The van der Waals surface area contributed by atoms with Crippen LogP contribution < -0.4 is 16.0 Å². The second kappa shape index (κ2) is 9.06. The zero-order valence-electron chi connectivity index (χ0n) is 14.2. The van der Waals surface area contributed by atoms with Crippen LogP contribution in [0.2, 0.25) is 10.0 Å². The molecule has 134 valence electrons. The molecular weight excluding hydrogens is 367 g/mol. The summed E-state index contributed by atoms with van der Waals surface area (Å²) < 4.78 is 5.90. The van der Waals surface area contributed by atoms with Gasteiger partial charge >= 0.3 is 0 Å². The van der Waals surface area contributed by atoms with Crippen LogP contribution >= 0.6 is 23.2 Å². The highest BCUT2D eigenvalue weighted by Crippen LogP contribution is 2.30. The predicted molar refractivity (Wildman–Crippen MR) is 107 cm³/mol. The largest absolute Gasteiger partial charge is 0.489 e. The number of benzene rings is 3. The Morgan fingerprint density at radius 1 is 0.923 bits per heavy atom. The van der Waals surface area contributed by atoms with Gasteiger partial charge in [-0.2, -0.15) is 0 Å². The van der Waals surface area contributed by atoms with E-state index in [0.717, 1.165) is 22.4 Å². The van der Waals surface area contributed by atoms with Gasteiger partial charge in [-0.25, -0.2) is 0 Å². The third kappa shape index (κ3) is 4.77. The molecule has 1 atom stereocenters. The Morgan fingerprint density at radius 3 is 2.46 bits per heavy atom. The Kier molecular flexibility index (Phi) is 6.53. The molecule has 0 saturated heterocycles. The van der Waals surface area contributed by atoms with Gasteiger partial charge in [0.15, 0.2) is 0 Å². The third-order valence-corrected chi connectivity index (χ3v) is 5.02. The highest BCUT2D eigenvalue weighted by molar-refractivity contribution is 6.42. The molecule has 3 N–H and O–H groups in total. The van der Waals surface area contributed by atoms with Crippen LogP contribution in [-0.2, 0) is 13.0 Å². The monoisotopic (exact) mass is 386 g/mol. The smallest absolute Gasteiger partial charge is 0.120 e. The van der Waals surface area contributed by atoms with Crippen LogP contribution in [0.5, 0.6) is 5.75 Å². The first kappa shape index (κ1) is 18.7. The van der Waals surface area contributed by atoms with Crippen molar-refractivity contribution < 1.29 is 4.74 Å². The van der Waals surface area contributed by atoms with Gasteiger partial charge in [0.25, 0.3) is 0 Å². The first-order chi connectivity index (χ1) is 12.7. The van der Waals surface area contributed by atoms with Crippen molar-refractivity contribution in [2.24, 2.45) is 5.84 Å². The van der Waals surface area contributed by atoms with Crippen molar-refractivity contribution >= 4 is 23.2 Å². The standard InChI is InChI=1S/C21H20Cl2N2O/c22-19-11-5-9-17(21(19)23)13-20(25-24)16-8-4-10-18(12-16)26-14-15-6-2-1-3-7-15/h1-12,20,25H,13-14,24H2. The zero-order valence-corrected chi connectivity index (χ0v) is 15.7. The minimum absolute atomic E-state index is 0.105. The SMILES string of the molecule is NNC(Cc1cccc(Cl)c1Cl)c1cccc(OCc2ccccc2)c1. The first-order valence-corrected chi connectivity index (χ1v) is 9.08. The molecule has 0 bridgehead atoms. The summed E-state index contributed by atoms with van der Waals surface area (Å²) in [5.41, 5.74) is 5.94. The maximum absolute atomic E-state index is 6.31. The van der Waals surface area contributed by atoms with Crippen molar-refractivity contribution in [3.8, 4) is 5.75 Å². The molecule has 5 heteroatoms. The number of nitrogens with two attached hydrogens (primary N) is 1. The van der Waals surface area contributed by atoms with Crippen LogP contribution in [0.4, 0.5) is 0 Å². The number of ether oxygens (including phenoxy) is 1. The fourth-order valence-corrected chi connectivity index (χ4v) is 3.16. The number of hydrogen-bond acceptors (Lipinski definition) is 3. The van der Waals surface area contributed by atoms with Gasteiger partial charge in [0, 0.05) is 0 Å². The predicted octanol–water partition coefficient (Wildman–Crippen LogP) is 5.32. The van der Waals surface area contributed by atoms with Crippen molar-refractivity contribution in [2.75, 3.05) is 0 Å². The molecule has 0 spiro atoms. The zero-order chi connectivity index (χ0) is 18.4. The molecule has 0 fully saturated rings. The molecule has 0 saturated carbocycles. The van der Waals surface area contributed by atoms with Crippen molar-refractivity contribution in [1.82, 2.24) is 5.43 Å². The van der Waals surface area contributed by atoms with Crippen molar-refractivity contribution in [2.45, 2.75) is 19.1 Å². The minimum Gasteiger partial charge on any atom is -0.489 e. The number of rotatable bonds is 7. The van der Waals surface area contributed by atoms with E-state index < -0.39 is 0 Å². The minimum atomic E-state index is -0.105. The molecule has 1 unspecified atom stereocenters. The second-order valence-electron chi connectivity index (χ2n) is 5.98. The van der Waals surface area contributed by atoms with Gasteiger partial charge in [0.2, 0.25) is 0 Å². The fourth-order valence-electron chi connectivity index (χ4n) is 2.76. The molecule has 0 aliphatic carbocycles. The second-order valence-corrected chi connectivity index (χ2v) is 6.77. The molecule has 0 heterocycles. The van der Waals surface area contributed by atoms with Gasteiger partial charge in [-0.05, 0) is 41.3 Å². The van der Waals surface area contributed by atoms with Crippen molar-refractivity contribution in [1.29, 1.82) is 0 Å². The van der Waals surface area contributed by atoms with Crippen LogP contribution in [0, 0.1) is 0 Å². The summed E-state index contributed by atoms with van der Waals surface area (Å²) in [6.07, 6.45) is 0.623. The lowest BCUT2D eigenvalue weighted by molar-refractivity contribution is 0.305. The Balaban J connectivity index is 1.73. The van der Waals surface area contributed by atoms with E-state index in [1.165, 1.54) is 0 Å². The van der Waals surface area contributed by atoms with E-state index in [0.29, 0.717) is 23.1 Å². The molecule has 0 aromatic heterocycles. The Morgan fingerprint density at radius 2 is 1.69 bits per heavy atom. The summed E-state index contributed by atoms with van der Waals surface area (Å²) in [4.78, 5) is 0. The summed E-state index contributed by atoms with van der Waals surface area (Å²) in [6.45, 7) is 0.519. The van der Waals surface area contributed by atoms with Gasteiger partial charge in [-0.15, -0.1) is 0 Å². The van der Waals surface area contributed by atoms with Crippen molar-refractivity contribution in [3.05, 3.63) is 99.5 Å². The van der Waals surface area contributed by atoms with Gasteiger partial charge in [0.1, 0.15) is 12.4 Å². The average molecular weight is 387 g/mol. The van der Waals surface area contributed by atoms with E-state index in [9.17, 15) is 0 Å². The number of halogens is 2. The van der Waals surface area contributed by atoms with E-state index in [4.69, 9.17) is 33.8 Å². The summed E-state index contributed by atoms with van der Waals surface area (Å²) in [6, 6.07) is 23.5. The fraction of sp³-hybridized carbons (Fsp3) is 0.143. The quantitative estimate of drug-likeness (QED) is 0.426. The van der Waals surface area contributed by atoms with Crippen LogP contribution in [0.1, 0.15) is 22.7 Å². The first-order valence-electron chi connectivity index (χ1n) is 8.33. The molecule has 3 nitrogen and oxygen atoms in total. The van der Waals surface area contributed by atoms with Gasteiger partial charge < -0.3 is 4.74 Å². The van der Waals surface area contributed by atoms with Gasteiger partial charge in [0.05, 0.1) is 16.1 Å². The Hall–Kier alpha value is -2.04. The normalized spacial score (nSPS) is 12.0. The molecule has 3 aromatic carbocycles. The molecule has 3 rings (SSSR count). The molecule has 26 heavy (non-hydrogen) atoms. The van der Waals surface area contributed by atoms with E-state index in [1.54, 1.807) is 6.07 Å². The topological polar surface area (TPSA) is 47.3 Å². The highest BCUT2D eigenvalue weighted by atomic mass is 35.5.